The molecule has 0 aliphatic carbocycles. The molecule has 0 bridgehead atoms. The Morgan fingerprint density at radius 3 is 2.02 bits per heavy atom. The van der Waals surface area contributed by atoms with Gasteiger partial charge in [0, 0.05) is 42.6 Å². The lowest BCUT2D eigenvalue weighted by molar-refractivity contribution is -0.146. The van der Waals surface area contributed by atoms with Crippen molar-refractivity contribution in [2.24, 2.45) is 11.5 Å². The third kappa shape index (κ3) is 15.5. The fourth-order valence-corrected chi connectivity index (χ4v) is 7.14. The normalized spacial score (nSPS) is 13.3. The number of aromatic nitrogens is 1. The lowest BCUT2D eigenvalue weighted by atomic mass is 10.0. The summed E-state index contributed by atoms with van der Waals surface area (Å²) in [7, 11) is 1.28. The highest BCUT2D eigenvalue weighted by atomic mass is 16.4. The fraction of sp³-hybridized carbons (Fsp3) is 0.391. The number of aliphatic carboxylic acids is 1. The zero-order valence-corrected chi connectivity index (χ0v) is 36.5. The summed E-state index contributed by atoms with van der Waals surface area (Å²) in [6, 6.07) is 14.9. The highest BCUT2D eigenvalue weighted by molar-refractivity contribution is 5.99. The molecule has 4 rings (SSSR count). The number of primary amides is 1. The van der Waals surface area contributed by atoms with Crippen LogP contribution in [0.2, 0.25) is 0 Å². The van der Waals surface area contributed by atoms with Gasteiger partial charge in [-0.15, -0.1) is 0 Å². The Labute approximate surface area is 376 Å². The van der Waals surface area contributed by atoms with E-state index in [1.165, 1.54) is 31.3 Å². The number of para-hydroxylation sites is 1. The molecule has 1 aromatic heterocycles. The van der Waals surface area contributed by atoms with Gasteiger partial charge in [0.1, 0.15) is 36.0 Å². The number of carboxylic acid groups (broad SMARTS) is 1. The maximum atomic E-state index is 14.3. The molecule has 0 unspecified atom stereocenters. The van der Waals surface area contributed by atoms with E-state index in [4.69, 9.17) is 11.5 Å². The first-order chi connectivity index (χ1) is 31.1. The summed E-state index contributed by atoms with van der Waals surface area (Å²) in [4.78, 5) is 111. The van der Waals surface area contributed by atoms with Crippen LogP contribution < -0.4 is 38.1 Å². The molecule has 0 saturated carbocycles. The van der Waals surface area contributed by atoms with Crippen molar-refractivity contribution < 1.29 is 48.6 Å². The molecule has 0 aliphatic heterocycles. The number of carbonyl (C=O) groups is 8. The smallest absolute Gasteiger partial charge is 0.305 e. The highest BCUT2D eigenvalue weighted by Gasteiger charge is 2.35. The van der Waals surface area contributed by atoms with Crippen molar-refractivity contribution in [2.45, 2.75) is 94.9 Å². The maximum Gasteiger partial charge on any atom is 0.305 e. The van der Waals surface area contributed by atoms with Gasteiger partial charge < -0.3 is 58.1 Å². The number of hydrogen-bond donors (Lipinski definition) is 10. The molecule has 3 aromatic carbocycles. The molecular formula is C46H59N9O10. The Balaban J connectivity index is 1.54. The van der Waals surface area contributed by atoms with Crippen LogP contribution >= 0.6 is 0 Å². The largest absolute Gasteiger partial charge is 0.508 e. The van der Waals surface area contributed by atoms with Crippen LogP contribution in [-0.4, -0.2) is 118 Å². The number of phenols is 1. The standard InChI is InChI=1S/C46H59N9O10/c1-3-4-15-34(52-42(61)29-18-20-31(56)21-19-29)43(62)50-27-39(57)51-36(24-30-26-49-33-16-9-8-14-32(30)33)45(64)53-35(17-10-11-22-47)44(63)54-37(25-40(58)59)46(65)55(2)38(41(48)60)23-28-12-6-5-7-13-28/h5-9,12-14,16,18-21,26,34-38,49,56H,3-4,10-11,15,17,22-25,27,47H2,1-2H3,(H2,48,60)(H,50,62)(H,51,57)(H,52,61)(H,53,64)(H,54,63)(H,58,59)/t34-,35-,36-,37-,38-/m0/s1. The number of aromatic hydroxyl groups is 1. The van der Waals surface area contributed by atoms with Crippen molar-refractivity contribution in [3.63, 3.8) is 0 Å². The lowest BCUT2D eigenvalue weighted by Gasteiger charge is -2.30. The molecule has 1 heterocycles. The average molecular weight is 898 g/mol. The lowest BCUT2D eigenvalue weighted by Crippen LogP contribution is -2.59. The van der Waals surface area contributed by atoms with Crippen LogP contribution in [0.1, 0.15) is 73.4 Å². The second-order valence-electron chi connectivity index (χ2n) is 15.7. The predicted octanol–water partition coefficient (Wildman–Crippen LogP) is 1.13. The van der Waals surface area contributed by atoms with Crippen LogP contribution in [0.3, 0.4) is 0 Å². The predicted molar refractivity (Wildman–Crippen MR) is 241 cm³/mol. The van der Waals surface area contributed by atoms with E-state index >= 15 is 0 Å². The van der Waals surface area contributed by atoms with Crippen molar-refractivity contribution >= 4 is 58.2 Å². The number of nitrogens with one attached hydrogen (secondary N) is 6. The summed E-state index contributed by atoms with van der Waals surface area (Å²) in [6.45, 7) is 1.59. The van der Waals surface area contributed by atoms with Gasteiger partial charge in [0.05, 0.1) is 13.0 Å². The Bertz CT molecular complexity index is 2270. The number of H-pyrrole nitrogens is 1. The number of carbonyl (C=O) groups excluding carboxylic acids is 7. The minimum absolute atomic E-state index is 0.00926. The molecule has 5 atom stereocenters. The minimum atomic E-state index is -1.67. The van der Waals surface area contributed by atoms with E-state index in [-0.39, 0.29) is 43.5 Å². The summed E-state index contributed by atoms with van der Waals surface area (Å²) >= 11 is 0. The first kappa shape index (κ1) is 50.4. The van der Waals surface area contributed by atoms with Gasteiger partial charge in [0.2, 0.25) is 35.4 Å². The zero-order valence-electron chi connectivity index (χ0n) is 36.5. The van der Waals surface area contributed by atoms with Crippen molar-refractivity contribution in [3.05, 3.63) is 102 Å². The van der Waals surface area contributed by atoms with E-state index in [1.807, 2.05) is 25.1 Å². The van der Waals surface area contributed by atoms with E-state index in [1.54, 1.807) is 42.6 Å². The molecule has 4 aromatic rings. The van der Waals surface area contributed by atoms with Gasteiger partial charge in [-0.3, -0.25) is 38.4 Å². The number of benzene rings is 3. The van der Waals surface area contributed by atoms with Gasteiger partial charge in [-0.05, 0) is 73.7 Å². The minimum Gasteiger partial charge on any atom is -0.508 e. The molecule has 0 fully saturated rings. The van der Waals surface area contributed by atoms with Crippen molar-refractivity contribution in [2.75, 3.05) is 20.1 Å². The monoisotopic (exact) mass is 897 g/mol. The van der Waals surface area contributed by atoms with Gasteiger partial charge in [0.25, 0.3) is 5.91 Å². The number of hydrogen-bond acceptors (Lipinski definition) is 10. The first-order valence-corrected chi connectivity index (χ1v) is 21.5. The molecule has 65 heavy (non-hydrogen) atoms. The summed E-state index contributed by atoms with van der Waals surface area (Å²) < 4.78 is 0. The molecule has 0 aliphatic rings. The number of carboxylic acids is 1. The van der Waals surface area contributed by atoms with Crippen LogP contribution in [-0.2, 0) is 46.4 Å². The molecule has 19 nitrogen and oxygen atoms in total. The number of nitrogens with zero attached hydrogens (tertiary/aromatic N) is 1. The molecule has 7 amide bonds. The third-order valence-corrected chi connectivity index (χ3v) is 10.8. The van der Waals surface area contributed by atoms with Gasteiger partial charge in [-0.2, -0.15) is 0 Å². The quantitative estimate of drug-likeness (QED) is 0.0399. The number of fused-ring (bicyclic) bond motifs is 1. The molecule has 348 valence electrons. The number of unbranched alkanes of at least 4 members (excludes halogenated alkanes) is 2. The highest BCUT2D eigenvalue weighted by Crippen LogP contribution is 2.20. The average Bonchev–Trinajstić information content (AvgIpc) is 3.70. The molecule has 19 heteroatoms. The van der Waals surface area contributed by atoms with Crippen LogP contribution in [0.15, 0.2) is 85.1 Å². The Morgan fingerprint density at radius 2 is 1.35 bits per heavy atom. The Kier molecular flexibility index (Phi) is 19.5. The zero-order chi connectivity index (χ0) is 47.5. The van der Waals surface area contributed by atoms with Crippen LogP contribution in [0, 0.1) is 0 Å². The third-order valence-electron chi connectivity index (χ3n) is 10.8. The van der Waals surface area contributed by atoms with Gasteiger partial charge >= 0.3 is 5.97 Å². The Hall–Kier alpha value is -7.28. The number of amides is 7. The van der Waals surface area contributed by atoms with Crippen LogP contribution in [0.25, 0.3) is 10.9 Å². The number of phenolic OH excluding ortho intramolecular Hbond substituents is 1. The molecule has 0 spiro atoms. The van der Waals surface area contributed by atoms with Gasteiger partial charge in [0.15, 0.2) is 0 Å². The SMILES string of the molecule is CCCC[C@H](NC(=O)c1ccc(O)cc1)C(=O)NCC(=O)N[C@@H](Cc1c[nH]c2ccccc12)C(=O)N[C@@H](CCCCN)C(=O)N[C@@H](CC(=O)O)C(=O)N(C)[C@@H](Cc1ccccc1)C(N)=O. The first-order valence-electron chi connectivity index (χ1n) is 21.5. The number of likely N-dealkylation sites (N-methyl/N-ethyl adjacent to an activating group) is 1. The van der Waals surface area contributed by atoms with E-state index in [0.29, 0.717) is 36.8 Å². The molecule has 0 saturated heterocycles. The van der Waals surface area contributed by atoms with Gasteiger partial charge in [-0.1, -0.05) is 68.3 Å². The fourth-order valence-electron chi connectivity index (χ4n) is 7.14. The second-order valence-corrected chi connectivity index (χ2v) is 15.7. The molecular weight excluding hydrogens is 839 g/mol. The van der Waals surface area contributed by atoms with E-state index in [0.717, 1.165) is 15.8 Å². The summed E-state index contributed by atoms with van der Waals surface area (Å²) in [6.07, 6.45) is 3.12. The summed E-state index contributed by atoms with van der Waals surface area (Å²) in [5.41, 5.74) is 13.7. The van der Waals surface area contributed by atoms with E-state index < -0.39 is 90.5 Å². The van der Waals surface area contributed by atoms with Crippen molar-refractivity contribution in [1.29, 1.82) is 0 Å². The molecule has 12 N–H and O–H groups in total. The number of nitrogens with two attached hydrogens (primary N) is 2. The molecule has 0 radical (unpaired) electrons. The summed E-state index contributed by atoms with van der Waals surface area (Å²) in [5, 5.41) is 33.1. The number of rotatable bonds is 26. The van der Waals surface area contributed by atoms with Crippen molar-refractivity contribution in [1.82, 2.24) is 36.5 Å². The van der Waals surface area contributed by atoms with Crippen LogP contribution in [0.5, 0.6) is 5.75 Å². The van der Waals surface area contributed by atoms with Crippen molar-refractivity contribution in [3.8, 4) is 5.75 Å². The van der Waals surface area contributed by atoms with Crippen LogP contribution in [0.4, 0.5) is 0 Å². The number of aromatic amines is 1. The van der Waals surface area contributed by atoms with Gasteiger partial charge in [-0.25, -0.2) is 0 Å². The second kappa shape index (κ2) is 25.1. The van der Waals surface area contributed by atoms with E-state index in [9.17, 15) is 48.6 Å². The Morgan fingerprint density at radius 1 is 0.723 bits per heavy atom. The summed E-state index contributed by atoms with van der Waals surface area (Å²) in [5.74, 6) is -6.91. The van der Waals surface area contributed by atoms with E-state index in [2.05, 4.69) is 31.6 Å². The topological polar surface area (TPSA) is 308 Å². The maximum absolute atomic E-state index is 14.3.